The van der Waals surface area contributed by atoms with E-state index < -0.39 is 6.17 Å². The van der Waals surface area contributed by atoms with Gasteiger partial charge >= 0.3 is 0 Å². The van der Waals surface area contributed by atoms with Crippen LogP contribution in [0.4, 0.5) is 4.39 Å². The van der Waals surface area contributed by atoms with Gasteiger partial charge in [-0.15, -0.1) is 0 Å². The van der Waals surface area contributed by atoms with E-state index in [9.17, 15) is 14.0 Å². The van der Waals surface area contributed by atoms with Gasteiger partial charge in [-0.25, -0.2) is 4.39 Å². The lowest BCUT2D eigenvalue weighted by atomic mass is 9.80. The summed E-state index contributed by atoms with van der Waals surface area (Å²) in [5.74, 6) is 1.01. The molecule has 1 aromatic carbocycles. The van der Waals surface area contributed by atoms with Crippen LogP contribution in [0.3, 0.4) is 0 Å². The second-order valence-electron chi connectivity index (χ2n) is 11.2. The van der Waals surface area contributed by atoms with E-state index in [0.29, 0.717) is 70.7 Å². The van der Waals surface area contributed by atoms with Gasteiger partial charge < -0.3 is 24.7 Å². The van der Waals surface area contributed by atoms with Crippen LogP contribution in [0.15, 0.2) is 16.9 Å². The van der Waals surface area contributed by atoms with Crippen molar-refractivity contribution in [3.8, 4) is 11.5 Å². The van der Waals surface area contributed by atoms with Gasteiger partial charge in [0.2, 0.25) is 0 Å². The Hall–Kier alpha value is -2.58. The van der Waals surface area contributed by atoms with E-state index in [1.165, 1.54) is 0 Å². The number of ether oxygens (including phenoxy) is 2. The maximum absolute atomic E-state index is 13.3. The van der Waals surface area contributed by atoms with Crippen LogP contribution in [0.1, 0.15) is 71.3 Å². The number of benzene rings is 1. The first kappa shape index (κ1) is 27.0. The average molecular weight is 546 g/mol. The molecule has 5 rings (SSSR count). The van der Waals surface area contributed by atoms with Gasteiger partial charge in [0, 0.05) is 41.0 Å². The van der Waals surface area contributed by atoms with Crippen LogP contribution in [0.5, 0.6) is 11.5 Å². The highest BCUT2D eigenvalue weighted by Gasteiger charge is 2.39. The molecule has 0 bridgehead atoms. The number of H-pyrrole nitrogens is 1. The molecule has 2 fully saturated rings. The van der Waals surface area contributed by atoms with E-state index >= 15 is 0 Å². The number of pyridine rings is 1. The maximum atomic E-state index is 13.3. The number of nitrogens with zero attached hydrogens (tertiary/aromatic N) is 1. The Kier molecular flexibility index (Phi) is 7.74. The number of aryl methyl sites for hydroxylation is 2. The summed E-state index contributed by atoms with van der Waals surface area (Å²) in [6, 6.07) is 4.34. The number of aromatic amines is 1. The zero-order valence-electron chi connectivity index (χ0n) is 22.5. The van der Waals surface area contributed by atoms with Crippen LogP contribution in [-0.4, -0.2) is 53.8 Å². The third kappa shape index (κ3) is 5.30. The summed E-state index contributed by atoms with van der Waals surface area (Å²) in [7, 11) is 2.13. The molecule has 2 heterocycles. The highest BCUT2D eigenvalue weighted by Crippen LogP contribution is 2.45. The van der Waals surface area contributed by atoms with Crippen molar-refractivity contribution in [2.75, 3.05) is 13.7 Å². The van der Waals surface area contributed by atoms with E-state index in [2.05, 4.69) is 22.2 Å². The first-order valence-electron chi connectivity index (χ1n) is 13.6. The van der Waals surface area contributed by atoms with Gasteiger partial charge in [0.15, 0.2) is 11.5 Å². The summed E-state index contributed by atoms with van der Waals surface area (Å²) >= 11 is 6.52. The van der Waals surface area contributed by atoms with Gasteiger partial charge in [0.25, 0.3) is 11.5 Å². The van der Waals surface area contributed by atoms with Crippen LogP contribution in [0.25, 0.3) is 0 Å². The molecule has 0 saturated heterocycles. The third-order valence-electron chi connectivity index (χ3n) is 8.74. The van der Waals surface area contributed by atoms with E-state index in [-0.39, 0.29) is 24.1 Å². The predicted octanol–water partition coefficient (Wildman–Crippen LogP) is 5.01. The number of aromatic nitrogens is 1. The van der Waals surface area contributed by atoms with E-state index in [0.717, 1.165) is 36.9 Å². The van der Waals surface area contributed by atoms with Gasteiger partial charge in [0.05, 0.1) is 5.02 Å². The van der Waals surface area contributed by atoms with E-state index in [1.54, 1.807) is 6.07 Å². The summed E-state index contributed by atoms with van der Waals surface area (Å²) in [6.45, 7) is 6.05. The zero-order chi connectivity index (χ0) is 27.1. The summed E-state index contributed by atoms with van der Waals surface area (Å²) in [5, 5.41) is 3.19. The van der Waals surface area contributed by atoms with Gasteiger partial charge in [0.1, 0.15) is 18.9 Å². The van der Waals surface area contributed by atoms with Crippen molar-refractivity contribution in [1.82, 2.24) is 15.2 Å². The number of fused-ring (bicyclic) bond motifs is 1. The Morgan fingerprint density at radius 1 is 1.13 bits per heavy atom. The molecular weight excluding hydrogens is 509 g/mol. The smallest absolute Gasteiger partial charge is 0.253 e. The Labute approximate surface area is 228 Å². The largest absolute Gasteiger partial charge is 0.484 e. The molecule has 1 atom stereocenters. The number of carbonyl (C=O) groups is 1. The monoisotopic (exact) mass is 545 g/mol. The van der Waals surface area contributed by atoms with Crippen molar-refractivity contribution < 1.29 is 18.7 Å². The standard InChI is InChI=1S/C29H37ClFN3O4/c1-15-9-16(2)33-29(36)23(15)13-32-28(35)22-12-24(30)27-26(17(22)3)38-25(14-37-27)18-5-7-20(8-6-18)34(4)21-10-19(31)11-21/h9,12,18-21,25H,5-8,10-11,13-14H2,1-4H3,(H,32,35)(H,33,36). The van der Waals surface area contributed by atoms with Crippen molar-refractivity contribution in [3.05, 3.63) is 55.5 Å². The van der Waals surface area contributed by atoms with Gasteiger partial charge in [-0.2, -0.15) is 0 Å². The number of amides is 1. The van der Waals surface area contributed by atoms with Crippen LogP contribution in [0.2, 0.25) is 5.02 Å². The lowest BCUT2D eigenvalue weighted by molar-refractivity contribution is -0.00106. The van der Waals surface area contributed by atoms with Crippen LogP contribution < -0.4 is 20.3 Å². The molecule has 2 N–H and O–H groups in total. The normalized spacial score (nSPS) is 26.7. The fourth-order valence-electron chi connectivity index (χ4n) is 6.19. The minimum absolute atomic E-state index is 0.110. The molecule has 1 unspecified atom stereocenters. The zero-order valence-corrected chi connectivity index (χ0v) is 23.3. The fraction of sp³-hybridized carbons (Fsp3) is 0.586. The number of alkyl halides is 1. The molecule has 1 aromatic heterocycles. The number of hydrogen-bond donors (Lipinski definition) is 2. The molecule has 2 aliphatic carbocycles. The molecule has 0 radical (unpaired) electrons. The minimum Gasteiger partial charge on any atom is -0.484 e. The Bertz CT molecular complexity index is 1270. The van der Waals surface area contributed by atoms with Gasteiger partial charge in [-0.1, -0.05) is 11.6 Å². The molecule has 0 spiro atoms. The average Bonchev–Trinajstić information content (AvgIpc) is 2.87. The molecule has 3 aliphatic rings. The van der Waals surface area contributed by atoms with Gasteiger partial charge in [-0.05, 0) is 90.0 Å². The van der Waals surface area contributed by atoms with Crippen LogP contribution in [-0.2, 0) is 6.54 Å². The van der Waals surface area contributed by atoms with E-state index in [1.807, 2.05) is 26.8 Å². The van der Waals surface area contributed by atoms with Crippen molar-refractivity contribution in [2.45, 2.75) is 90.2 Å². The van der Waals surface area contributed by atoms with E-state index in [4.69, 9.17) is 21.1 Å². The molecule has 2 aromatic rings. The van der Waals surface area contributed by atoms with Crippen molar-refractivity contribution in [1.29, 1.82) is 0 Å². The number of carbonyl (C=O) groups excluding carboxylic acids is 1. The molecule has 9 heteroatoms. The highest BCUT2D eigenvalue weighted by atomic mass is 35.5. The minimum atomic E-state index is -0.636. The lowest BCUT2D eigenvalue weighted by Gasteiger charge is -2.45. The number of rotatable bonds is 6. The molecule has 2 saturated carbocycles. The van der Waals surface area contributed by atoms with Crippen LogP contribution >= 0.6 is 11.6 Å². The fourth-order valence-corrected chi connectivity index (χ4v) is 6.44. The number of nitrogens with one attached hydrogen (secondary N) is 2. The lowest BCUT2D eigenvalue weighted by Crippen LogP contribution is -2.50. The van der Waals surface area contributed by atoms with Crippen molar-refractivity contribution in [2.24, 2.45) is 5.92 Å². The van der Waals surface area contributed by atoms with Crippen LogP contribution in [0, 0.1) is 26.7 Å². The summed E-state index contributed by atoms with van der Waals surface area (Å²) in [5.41, 5.74) is 2.99. The predicted molar refractivity (Wildman–Crippen MR) is 145 cm³/mol. The summed E-state index contributed by atoms with van der Waals surface area (Å²) in [6.07, 6.45) is 4.71. The summed E-state index contributed by atoms with van der Waals surface area (Å²) < 4.78 is 25.9. The highest BCUT2D eigenvalue weighted by molar-refractivity contribution is 6.32. The second-order valence-corrected chi connectivity index (χ2v) is 11.6. The number of hydrogen-bond acceptors (Lipinski definition) is 5. The third-order valence-corrected chi connectivity index (χ3v) is 9.02. The topological polar surface area (TPSA) is 83.7 Å². The quantitative estimate of drug-likeness (QED) is 0.533. The molecule has 7 nitrogen and oxygen atoms in total. The Morgan fingerprint density at radius 2 is 1.84 bits per heavy atom. The Balaban J connectivity index is 1.25. The molecular formula is C29H37ClFN3O4. The molecule has 1 aliphatic heterocycles. The SMILES string of the molecule is Cc1cc(C)c(CNC(=O)c2cc(Cl)c3c(c2C)OC(C2CCC(N(C)C4CC(F)C4)CC2)CO3)c(=O)[nH]1. The number of halogens is 2. The molecule has 38 heavy (non-hydrogen) atoms. The second kappa shape index (κ2) is 10.9. The van der Waals surface area contributed by atoms with Crippen molar-refractivity contribution in [3.63, 3.8) is 0 Å². The van der Waals surface area contributed by atoms with Crippen molar-refractivity contribution >= 4 is 17.5 Å². The first-order valence-corrected chi connectivity index (χ1v) is 14.0. The summed E-state index contributed by atoms with van der Waals surface area (Å²) in [4.78, 5) is 30.7. The van der Waals surface area contributed by atoms with Gasteiger partial charge in [-0.3, -0.25) is 9.59 Å². The first-order chi connectivity index (χ1) is 18.1. The maximum Gasteiger partial charge on any atom is 0.253 e. The Morgan fingerprint density at radius 3 is 2.50 bits per heavy atom. The molecule has 206 valence electrons. The molecule has 1 amide bonds.